The molecular formula is C20H20N2O3S. The molecule has 0 spiro atoms. The third-order valence-electron chi connectivity index (χ3n) is 5.05. The van der Waals surface area contributed by atoms with Gasteiger partial charge in [0.2, 0.25) is 0 Å². The van der Waals surface area contributed by atoms with Crippen LogP contribution >= 0.6 is 11.3 Å². The number of fused-ring (bicyclic) bond motifs is 1. The van der Waals surface area contributed by atoms with Crippen LogP contribution in [0.2, 0.25) is 0 Å². The first kappa shape index (κ1) is 16.8. The van der Waals surface area contributed by atoms with Crippen molar-refractivity contribution in [3.63, 3.8) is 0 Å². The zero-order chi connectivity index (χ0) is 18.3. The Morgan fingerprint density at radius 2 is 1.96 bits per heavy atom. The average Bonchev–Trinajstić information content (AvgIpc) is 3.10. The number of hydrogen-bond acceptors (Lipinski definition) is 6. The number of carbonyl (C=O) groups excluding carboxylic acids is 2. The molecule has 1 aromatic heterocycles. The molecule has 134 valence electrons. The van der Waals surface area contributed by atoms with Crippen molar-refractivity contribution in [2.75, 3.05) is 17.7 Å². The maximum atomic E-state index is 13.3. The lowest BCUT2D eigenvalue weighted by molar-refractivity contribution is -0.151. The molecule has 0 amide bonds. The van der Waals surface area contributed by atoms with Crippen molar-refractivity contribution >= 4 is 34.5 Å². The number of ketones is 1. The van der Waals surface area contributed by atoms with Gasteiger partial charge in [0.15, 0.2) is 5.78 Å². The number of carbonyl (C=O) groups is 2. The number of methoxy groups -OCH3 is 1. The fourth-order valence-electron chi connectivity index (χ4n) is 3.80. The number of rotatable bonds is 2. The zero-order valence-electron chi connectivity index (χ0n) is 14.6. The van der Waals surface area contributed by atoms with E-state index in [1.807, 2.05) is 48.7 Å². The molecular weight excluding hydrogens is 348 g/mol. The van der Waals surface area contributed by atoms with E-state index < -0.39 is 11.9 Å². The fourth-order valence-corrected chi connectivity index (χ4v) is 4.59. The Hall–Kier alpha value is -2.60. The summed E-state index contributed by atoms with van der Waals surface area (Å²) in [6, 6.07) is 11.6. The van der Waals surface area contributed by atoms with Gasteiger partial charge in [-0.05, 0) is 35.9 Å². The number of Topliss-reactive ketones (excluding diaryl/α,β-unsaturated/α-hetero) is 1. The van der Waals surface area contributed by atoms with E-state index >= 15 is 0 Å². The molecule has 1 aliphatic heterocycles. The van der Waals surface area contributed by atoms with Crippen molar-refractivity contribution in [2.24, 2.45) is 11.8 Å². The summed E-state index contributed by atoms with van der Waals surface area (Å²) >= 11 is 1.59. The number of ether oxygens (including phenoxy) is 1. The van der Waals surface area contributed by atoms with Gasteiger partial charge in [0.05, 0.1) is 24.5 Å². The molecule has 5 nitrogen and oxygen atoms in total. The molecule has 1 aliphatic carbocycles. The SMILES string of the molecule is COC(=O)[C@@H]1C(=O)C2=C(C[C@@H]1C)Nc1ccccc1N[C@@H]2c1cccs1. The summed E-state index contributed by atoms with van der Waals surface area (Å²) in [5, 5.41) is 8.94. The van der Waals surface area contributed by atoms with Crippen LogP contribution < -0.4 is 10.6 Å². The highest BCUT2D eigenvalue weighted by atomic mass is 32.1. The predicted octanol–water partition coefficient (Wildman–Crippen LogP) is 3.98. The van der Waals surface area contributed by atoms with E-state index in [0.717, 1.165) is 21.9 Å². The minimum atomic E-state index is -0.758. The van der Waals surface area contributed by atoms with Crippen molar-refractivity contribution in [1.82, 2.24) is 0 Å². The van der Waals surface area contributed by atoms with Gasteiger partial charge in [0.1, 0.15) is 5.92 Å². The third kappa shape index (κ3) is 2.70. The monoisotopic (exact) mass is 368 g/mol. The van der Waals surface area contributed by atoms with Crippen LogP contribution in [0.25, 0.3) is 0 Å². The second-order valence-corrected chi connectivity index (χ2v) is 7.68. The number of thiophene rings is 1. The third-order valence-corrected chi connectivity index (χ3v) is 5.99. The molecule has 0 unspecified atom stereocenters. The highest BCUT2D eigenvalue weighted by Gasteiger charge is 2.44. The summed E-state index contributed by atoms with van der Waals surface area (Å²) in [7, 11) is 1.34. The number of nitrogens with one attached hydrogen (secondary N) is 2. The second-order valence-electron chi connectivity index (χ2n) is 6.70. The van der Waals surface area contributed by atoms with Crippen LogP contribution in [-0.4, -0.2) is 18.9 Å². The molecule has 0 saturated carbocycles. The van der Waals surface area contributed by atoms with E-state index in [1.165, 1.54) is 7.11 Å². The van der Waals surface area contributed by atoms with E-state index in [-0.39, 0.29) is 17.7 Å². The van der Waals surface area contributed by atoms with Crippen molar-refractivity contribution in [1.29, 1.82) is 0 Å². The van der Waals surface area contributed by atoms with Crippen LogP contribution in [0.4, 0.5) is 11.4 Å². The van der Waals surface area contributed by atoms with Crippen molar-refractivity contribution in [3.05, 3.63) is 57.9 Å². The van der Waals surface area contributed by atoms with Gasteiger partial charge in [-0.1, -0.05) is 25.1 Å². The highest BCUT2D eigenvalue weighted by Crippen LogP contribution is 2.44. The lowest BCUT2D eigenvalue weighted by Crippen LogP contribution is -2.39. The first-order chi connectivity index (χ1) is 12.6. The van der Waals surface area contributed by atoms with Gasteiger partial charge in [0.25, 0.3) is 0 Å². The number of hydrogen-bond donors (Lipinski definition) is 2. The van der Waals surface area contributed by atoms with Gasteiger partial charge < -0.3 is 15.4 Å². The molecule has 2 aromatic rings. The molecule has 1 aromatic carbocycles. The van der Waals surface area contributed by atoms with Crippen LogP contribution in [0, 0.1) is 11.8 Å². The van der Waals surface area contributed by atoms with Crippen LogP contribution in [-0.2, 0) is 14.3 Å². The number of anilines is 2. The van der Waals surface area contributed by atoms with E-state index in [0.29, 0.717) is 12.0 Å². The first-order valence-corrected chi connectivity index (χ1v) is 9.49. The average molecular weight is 368 g/mol. The molecule has 0 fully saturated rings. The summed E-state index contributed by atoms with van der Waals surface area (Å²) in [5.74, 6) is -1.49. The molecule has 3 atom stereocenters. The Labute approximate surface area is 156 Å². The molecule has 2 aliphatic rings. The van der Waals surface area contributed by atoms with Gasteiger partial charge in [-0.25, -0.2) is 0 Å². The van der Waals surface area contributed by atoms with Crippen LogP contribution in [0.5, 0.6) is 0 Å². The van der Waals surface area contributed by atoms with Crippen LogP contribution in [0.1, 0.15) is 24.3 Å². The standard InChI is InChI=1S/C20H20N2O3S/c1-11-10-14-17(19(23)16(11)20(24)25-2)18(15-8-5-9-26-15)22-13-7-4-3-6-12(13)21-14/h3-9,11,16,18,21-22H,10H2,1-2H3/t11-,16-,18+/m0/s1. The first-order valence-electron chi connectivity index (χ1n) is 8.61. The maximum Gasteiger partial charge on any atom is 0.316 e. The summed E-state index contributed by atoms with van der Waals surface area (Å²) in [6.45, 7) is 1.93. The van der Waals surface area contributed by atoms with Crippen molar-refractivity contribution in [2.45, 2.75) is 19.4 Å². The van der Waals surface area contributed by atoms with Gasteiger partial charge in [-0.15, -0.1) is 11.3 Å². The number of para-hydroxylation sites is 2. The minimum absolute atomic E-state index is 0.115. The van der Waals surface area contributed by atoms with Gasteiger partial charge in [-0.3, -0.25) is 9.59 Å². The second kappa shape index (κ2) is 6.61. The molecule has 2 N–H and O–H groups in total. The van der Waals surface area contributed by atoms with Crippen molar-refractivity contribution < 1.29 is 14.3 Å². The smallest absolute Gasteiger partial charge is 0.316 e. The quantitative estimate of drug-likeness (QED) is 0.620. The Morgan fingerprint density at radius 3 is 2.65 bits per heavy atom. The summed E-state index contributed by atoms with van der Waals surface area (Å²) in [6.07, 6.45) is 0.624. The molecule has 26 heavy (non-hydrogen) atoms. The number of esters is 1. The van der Waals surface area contributed by atoms with Crippen molar-refractivity contribution in [3.8, 4) is 0 Å². The van der Waals surface area contributed by atoms with Gasteiger partial charge in [-0.2, -0.15) is 0 Å². The Morgan fingerprint density at radius 1 is 1.19 bits per heavy atom. The summed E-state index contributed by atoms with van der Waals surface area (Å²) in [5.41, 5.74) is 3.40. The number of allylic oxidation sites excluding steroid dienone is 1. The van der Waals surface area contributed by atoms with Crippen LogP contribution in [0.15, 0.2) is 53.0 Å². The van der Waals surface area contributed by atoms with Gasteiger partial charge in [0, 0.05) is 16.1 Å². The van der Waals surface area contributed by atoms with E-state index in [9.17, 15) is 9.59 Å². The molecule has 0 saturated heterocycles. The summed E-state index contributed by atoms with van der Waals surface area (Å²) in [4.78, 5) is 26.6. The molecule has 0 radical (unpaired) electrons. The van der Waals surface area contributed by atoms with E-state index in [1.54, 1.807) is 11.3 Å². The lowest BCUT2D eigenvalue weighted by Gasteiger charge is -2.32. The fraction of sp³-hybridized carbons (Fsp3) is 0.300. The lowest BCUT2D eigenvalue weighted by atomic mass is 9.75. The predicted molar refractivity (Wildman–Crippen MR) is 102 cm³/mol. The zero-order valence-corrected chi connectivity index (χ0v) is 15.4. The maximum absolute atomic E-state index is 13.3. The largest absolute Gasteiger partial charge is 0.468 e. The molecule has 4 rings (SSSR count). The Bertz CT molecular complexity index is 888. The van der Waals surface area contributed by atoms with E-state index in [4.69, 9.17) is 4.74 Å². The topological polar surface area (TPSA) is 67.4 Å². The van der Waals surface area contributed by atoms with E-state index in [2.05, 4.69) is 10.6 Å². The molecule has 2 heterocycles. The normalized spacial score (nSPS) is 24.7. The highest BCUT2D eigenvalue weighted by molar-refractivity contribution is 7.10. The molecule has 6 heteroatoms. The Kier molecular flexibility index (Phi) is 4.28. The Balaban J connectivity index is 1.86. The van der Waals surface area contributed by atoms with Crippen LogP contribution in [0.3, 0.4) is 0 Å². The minimum Gasteiger partial charge on any atom is -0.468 e. The summed E-state index contributed by atoms with van der Waals surface area (Å²) < 4.78 is 4.91. The van der Waals surface area contributed by atoms with Gasteiger partial charge >= 0.3 is 5.97 Å². The number of benzene rings is 1. The molecule has 0 bridgehead atoms.